The first kappa shape index (κ1) is 16.5. The minimum Gasteiger partial charge on any atom is -0.466 e. The van der Waals surface area contributed by atoms with Crippen molar-refractivity contribution in [2.75, 3.05) is 20.3 Å². The molecule has 1 atom stereocenters. The Bertz CT molecular complexity index is 158. The van der Waals surface area contributed by atoms with E-state index in [4.69, 9.17) is 14.9 Å². The van der Waals surface area contributed by atoms with E-state index in [1.54, 1.807) is 0 Å². The molecule has 0 aromatic rings. The monoisotopic (exact) mass is 220 g/mol. The second-order valence-corrected chi connectivity index (χ2v) is 2.59. The molecule has 1 unspecified atom stereocenters. The number of hydrogen-bond donors (Lipinski definition) is 2. The van der Waals surface area contributed by atoms with E-state index in [0.29, 0.717) is 6.61 Å². The molecule has 0 aromatic carbocycles. The molecule has 5 nitrogen and oxygen atoms in total. The van der Waals surface area contributed by atoms with Gasteiger partial charge in [-0.2, -0.15) is 0 Å². The smallest absolute Gasteiger partial charge is 0.329 e. The predicted molar refractivity (Wildman–Crippen MR) is 56.2 cm³/mol. The number of methoxy groups -OCH3 is 1. The highest BCUT2D eigenvalue weighted by molar-refractivity contribution is 5.80. The van der Waals surface area contributed by atoms with Crippen LogP contribution < -0.4 is 0 Å². The minimum absolute atomic E-state index is 0.316. The van der Waals surface area contributed by atoms with Crippen molar-refractivity contribution < 1.29 is 24.5 Å². The van der Waals surface area contributed by atoms with Crippen LogP contribution in [0.15, 0.2) is 12.7 Å². The van der Waals surface area contributed by atoms with Gasteiger partial charge in [0.2, 0.25) is 0 Å². The van der Waals surface area contributed by atoms with E-state index < -0.39 is 12.3 Å². The molecule has 0 rings (SSSR count). The Kier molecular flexibility index (Phi) is 14.4. The van der Waals surface area contributed by atoms with Gasteiger partial charge in [-0.25, -0.2) is 4.79 Å². The lowest BCUT2D eigenvalue weighted by atomic mass is 10.4. The molecular weight excluding hydrogens is 200 g/mol. The molecule has 5 heteroatoms. The van der Waals surface area contributed by atoms with E-state index in [0.717, 1.165) is 18.9 Å². The topological polar surface area (TPSA) is 76.0 Å². The van der Waals surface area contributed by atoms with Crippen molar-refractivity contribution in [1.29, 1.82) is 0 Å². The molecule has 0 aliphatic heterocycles. The van der Waals surface area contributed by atoms with E-state index >= 15 is 0 Å². The summed E-state index contributed by atoms with van der Waals surface area (Å²) in [6.07, 6.45) is 2.09. The molecular formula is C10H20O5. The van der Waals surface area contributed by atoms with Crippen molar-refractivity contribution in [1.82, 2.24) is 0 Å². The van der Waals surface area contributed by atoms with Crippen LogP contribution in [0.2, 0.25) is 0 Å². The molecule has 0 saturated carbocycles. The maximum absolute atomic E-state index is 9.84. The molecule has 0 bridgehead atoms. The average Bonchev–Trinajstić information content (AvgIpc) is 2.28. The number of rotatable bonds is 6. The normalized spacial score (nSPS) is 10.9. The average molecular weight is 220 g/mol. The van der Waals surface area contributed by atoms with Gasteiger partial charge in [0.1, 0.15) is 0 Å². The van der Waals surface area contributed by atoms with Gasteiger partial charge in [0, 0.05) is 12.7 Å². The number of carbonyl (C=O) groups excluding carboxylic acids is 1. The van der Waals surface area contributed by atoms with Crippen molar-refractivity contribution in [3.05, 3.63) is 12.7 Å². The lowest BCUT2D eigenvalue weighted by molar-refractivity contribution is -0.134. The fourth-order valence-corrected chi connectivity index (χ4v) is 0.500. The van der Waals surface area contributed by atoms with E-state index in [1.165, 1.54) is 7.11 Å². The van der Waals surface area contributed by atoms with Crippen LogP contribution in [-0.4, -0.2) is 42.8 Å². The molecule has 0 fully saturated rings. The second-order valence-electron chi connectivity index (χ2n) is 2.59. The highest BCUT2D eigenvalue weighted by Crippen LogP contribution is 1.90. The molecule has 0 radical (unpaired) electrons. The van der Waals surface area contributed by atoms with Crippen molar-refractivity contribution in [2.45, 2.75) is 26.1 Å². The Hall–Kier alpha value is -0.910. The van der Waals surface area contributed by atoms with Gasteiger partial charge in [0.25, 0.3) is 0 Å². The van der Waals surface area contributed by atoms with Gasteiger partial charge >= 0.3 is 5.97 Å². The molecule has 0 aromatic heterocycles. The first-order valence-corrected chi connectivity index (χ1v) is 4.73. The van der Waals surface area contributed by atoms with Crippen LogP contribution in [0, 0.1) is 0 Å². The summed E-state index contributed by atoms with van der Waals surface area (Å²) in [5.41, 5.74) is 0. The third kappa shape index (κ3) is 15.8. The lowest BCUT2D eigenvalue weighted by Gasteiger charge is -2.06. The maximum Gasteiger partial charge on any atom is 0.329 e. The van der Waals surface area contributed by atoms with E-state index in [1.807, 2.05) is 6.92 Å². The van der Waals surface area contributed by atoms with Crippen LogP contribution in [-0.2, 0) is 14.3 Å². The summed E-state index contributed by atoms with van der Waals surface area (Å²) >= 11 is 0. The summed E-state index contributed by atoms with van der Waals surface area (Å²) in [7, 11) is 1.31. The van der Waals surface area contributed by atoms with Crippen LogP contribution in [0.3, 0.4) is 0 Å². The number of hydrogen-bond acceptors (Lipinski definition) is 5. The zero-order valence-electron chi connectivity index (χ0n) is 9.31. The van der Waals surface area contributed by atoms with Crippen molar-refractivity contribution >= 4 is 5.97 Å². The molecule has 15 heavy (non-hydrogen) atoms. The maximum atomic E-state index is 9.84. The summed E-state index contributed by atoms with van der Waals surface area (Å²) in [5.74, 6) is -0.394. The Morgan fingerprint density at radius 3 is 2.47 bits per heavy atom. The molecule has 0 amide bonds. The zero-order chi connectivity index (χ0) is 12.1. The molecule has 0 saturated heterocycles. The molecule has 0 spiro atoms. The largest absolute Gasteiger partial charge is 0.466 e. The van der Waals surface area contributed by atoms with E-state index in [-0.39, 0.29) is 6.61 Å². The summed E-state index contributed by atoms with van der Waals surface area (Å²) in [6.45, 7) is 5.40. The summed E-state index contributed by atoms with van der Waals surface area (Å²) in [4.78, 5) is 9.84. The number of aliphatic hydroxyl groups is 2. The summed E-state index contributed by atoms with van der Waals surface area (Å²) in [5, 5.41) is 16.9. The van der Waals surface area contributed by atoms with Gasteiger partial charge < -0.3 is 19.7 Å². The van der Waals surface area contributed by atoms with E-state index in [9.17, 15) is 4.79 Å². The van der Waals surface area contributed by atoms with Crippen LogP contribution >= 0.6 is 0 Å². The van der Waals surface area contributed by atoms with Crippen LogP contribution in [0.25, 0.3) is 0 Å². The third-order valence-electron chi connectivity index (χ3n) is 1.33. The summed E-state index contributed by atoms with van der Waals surface area (Å²) in [6, 6.07) is 0. The fraction of sp³-hybridized carbons (Fsp3) is 0.700. The van der Waals surface area contributed by atoms with Gasteiger partial charge in [-0.3, -0.25) is 0 Å². The highest BCUT2D eigenvalue weighted by atomic mass is 16.6. The predicted octanol–water partition coefficient (Wildman–Crippen LogP) is 0.459. The quantitative estimate of drug-likeness (QED) is 0.294. The number of carbonyl (C=O) groups is 1. The summed E-state index contributed by atoms with van der Waals surface area (Å²) < 4.78 is 8.88. The Morgan fingerprint density at radius 1 is 1.60 bits per heavy atom. The van der Waals surface area contributed by atoms with Crippen molar-refractivity contribution in [3.8, 4) is 0 Å². The first-order chi connectivity index (χ1) is 7.12. The second kappa shape index (κ2) is 13.1. The van der Waals surface area contributed by atoms with Crippen LogP contribution in [0.5, 0.6) is 0 Å². The highest BCUT2D eigenvalue weighted by Gasteiger charge is 1.98. The minimum atomic E-state index is -0.989. The standard InChI is InChI=1S/C6H14O3.C4H6O2/c1-2-3-4-9-6(8)5-7;1-3-4(5)6-2/h6-8H,2-5H2,1H3;3H,1H2,2H3. The Balaban J connectivity index is 0. The van der Waals surface area contributed by atoms with Gasteiger partial charge in [0.15, 0.2) is 6.29 Å². The SMILES string of the molecule is C=CC(=O)OC.CCCCOC(O)CO. The van der Waals surface area contributed by atoms with Gasteiger partial charge in [-0.05, 0) is 6.42 Å². The molecule has 0 aliphatic rings. The third-order valence-corrected chi connectivity index (χ3v) is 1.33. The van der Waals surface area contributed by atoms with Crippen LogP contribution in [0.4, 0.5) is 0 Å². The number of aliphatic hydroxyl groups excluding tert-OH is 2. The van der Waals surface area contributed by atoms with Gasteiger partial charge in [-0.1, -0.05) is 19.9 Å². The number of ether oxygens (including phenoxy) is 2. The zero-order valence-corrected chi connectivity index (χ0v) is 9.31. The Labute approximate surface area is 90.3 Å². The first-order valence-electron chi connectivity index (χ1n) is 4.73. The van der Waals surface area contributed by atoms with E-state index in [2.05, 4.69) is 11.3 Å². The number of esters is 1. The molecule has 2 N–H and O–H groups in total. The molecule has 90 valence electrons. The molecule has 0 heterocycles. The number of unbranched alkanes of at least 4 members (excludes halogenated alkanes) is 1. The Morgan fingerprint density at radius 2 is 2.20 bits per heavy atom. The van der Waals surface area contributed by atoms with Crippen LogP contribution in [0.1, 0.15) is 19.8 Å². The molecule has 0 aliphatic carbocycles. The van der Waals surface area contributed by atoms with Crippen molar-refractivity contribution in [2.24, 2.45) is 0 Å². The van der Waals surface area contributed by atoms with Gasteiger partial charge in [0.05, 0.1) is 13.7 Å². The van der Waals surface area contributed by atoms with Gasteiger partial charge in [-0.15, -0.1) is 0 Å². The van der Waals surface area contributed by atoms with Crippen molar-refractivity contribution in [3.63, 3.8) is 0 Å². The fourth-order valence-electron chi connectivity index (χ4n) is 0.500. The lowest BCUT2D eigenvalue weighted by Crippen LogP contribution is -2.16.